The van der Waals surface area contributed by atoms with Crippen molar-refractivity contribution in [1.29, 1.82) is 0 Å². The molecule has 2 N–H and O–H groups in total. The molecular formula is C16H10F6N4O2. The summed E-state index contributed by atoms with van der Waals surface area (Å²) in [5, 5.41) is 3.33. The second kappa shape index (κ2) is 6.39. The van der Waals surface area contributed by atoms with Crippen molar-refractivity contribution in [1.82, 2.24) is 10.3 Å². The molecule has 1 aromatic carbocycles. The van der Waals surface area contributed by atoms with Crippen LogP contribution in [0.25, 0.3) is 0 Å². The lowest BCUT2D eigenvalue weighted by Crippen LogP contribution is -2.64. The fourth-order valence-electron chi connectivity index (χ4n) is 2.56. The van der Waals surface area contributed by atoms with E-state index in [0.717, 1.165) is 24.4 Å². The van der Waals surface area contributed by atoms with Crippen LogP contribution in [0, 0.1) is 0 Å². The minimum atomic E-state index is -5.33. The van der Waals surface area contributed by atoms with Crippen LogP contribution in [-0.4, -0.2) is 28.8 Å². The third-order valence-electron chi connectivity index (χ3n) is 3.86. The molecule has 1 aromatic heterocycles. The van der Waals surface area contributed by atoms with Gasteiger partial charge in [-0.05, 0) is 30.3 Å². The average molecular weight is 404 g/mol. The van der Waals surface area contributed by atoms with Gasteiger partial charge in [0, 0.05) is 6.20 Å². The standard InChI is InChI=1S/C16H10F6N4O2/c17-15(18,19)9-4-3-5-10(8-9)26-12(27)14(16(20,21)22,25-13(26)28)24-11-6-1-2-7-23-11/h1-8H,(H,23,24)(H,25,28)/t14-/m1/s1. The number of nitrogens with one attached hydrogen (secondary N) is 2. The van der Waals surface area contributed by atoms with Crippen molar-refractivity contribution in [3.8, 4) is 0 Å². The van der Waals surface area contributed by atoms with Gasteiger partial charge in [-0.3, -0.25) is 10.1 Å². The van der Waals surface area contributed by atoms with Gasteiger partial charge in [0.25, 0.3) is 11.6 Å². The van der Waals surface area contributed by atoms with Crippen LogP contribution < -0.4 is 15.5 Å². The zero-order valence-electron chi connectivity index (χ0n) is 13.6. The second-order valence-electron chi connectivity index (χ2n) is 5.71. The highest BCUT2D eigenvalue weighted by molar-refractivity contribution is 6.24. The van der Waals surface area contributed by atoms with Crippen LogP contribution in [0.5, 0.6) is 0 Å². The van der Waals surface area contributed by atoms with E-state index < -0.39 is 41.2 Å². The quantitative estimate of drug-likeness (QED) is 0.607. The minimum absolute atomic E-state index is 0.00132. The summed E-state index contributed by atoms with van der Waals surface area (Å²) in [6.07, 6.45) is -8.99. The molecule has 148 valence electrons. The van der Waals surface area contributed by atoms with Gasteiger partial charge < -0.3 is 5.32 Å². The van der Waals surface area contributed by atoms with E-state index in [-0.39, 0.29) is 10.7 Å². The molecule has 0 unspecified atom stereocenters. The summed E-state index contributed by atoms with van der Waals surface area (Å²) < 4.78 is 79.9. The van der Waals surface area contributed by atoms with Gasteiger partial charge in [-0.25, -0.2) is 14.7 Å². The highest BCUT2D eigenvalue weighted by atomic mass is 19.4. The molecule has 6 nitrogen and oxygen atoms in total. The number of amides is 3. The molecule has 1 aliphatic heterocycles. The molecule has 1 atom stereocenters. The van der Waals surface area contributed by atoms with E-state index in [1.54, 1.807) is 0 Å². The summed E-state index contributed by atoms with van der Waals surface area (Å²) in [6.45, 7) is 0. The van der Waals surface area contributed by atoms with Crippen LogP contribution in [0.4, 0.5) is 42.6 Å². The smallest absolute Gasteiger partial charge is 0.332 e. The van der Waals surface area contributed by atoms with Gasteiger partial charge in [0.1, 0.15) is 5.82 Å². The number of alkyl halides is 6. The van der Waals surface area contributed by atoms with Crippen LogP contribution in [0.1, 0.15) is 5.56 Å². The van der Waals surface area contributed by atoms with Gasteiger partial charge in [-0.2, -0.15) is 26.3 Å². The molecule has 1 aliphatic rings. The number of halogens is 6. The second-order valence-corrected chi connectivity index (χ2v) is 5.71. The van der Waals surface area contributed by atoms with Gasteiger partial charge in [0.15, 0.2) is 0 Å². The topological polar surface area (TPSA) is 74.3 Å². The number of aromatic nitrogens is 1. The Kier molecular flexibility index (Phi) is 4.44. The van der Waals surface area contributed by atoms with Gasteiger partial charge in [0.05, 0.1) is 11.3 Å². The number of carbonyl (C=O) groups is 2. The summed E-state index contributed by atoms with van der Waals surface area (Å²) in [5.41, 5.74) is -5.48. The van der Waals surface area contributed by atoms with Gasteiger partial charge in [0.2, 0.25) is 0 Å². The molecule has 0 spiro atoms. The van der Waals surface area contributed by atoms with Crippen molar-refractivity contribution in [2.45, 2.75) is 18.0 Å². The number of hydrogen-bond acceptors (Lipinski definition) is 4. The van der Waals surface area contributed by atoms with E-state index in [1.165, 1.54) is 17.4 Å². The molecule has 0 aliphatic carbocycles. The van der Waals surface area contributed by atoms with Crippen molar-refractivity contribution in [2.75, 3.05) is 10.2 Å². The zero-order chi connectivity index (χ0) is 20.7. The Morgan fingerprint density at radius 1 is 1.00 bits per heavy atom. The zero-order valence-corrected chi connectivity index (χ0v) is 13.6. The maximum Gasteiger partial charge on any atom is 0.440 e. The first kappa shape index (κ1) is 19.5. The number of anilines is 2. The van der Waals surface area contributed by atoms with Crippen LogP contribution in [-0.2, 0) is 11.0 Å². The summed E-state index contributed by atoms with van der Waals surface area (Å²) in [5.74, 6) is -2.21. The fraction of sp³-hybridized carbons (Fsp3) is 0.188. The van der Waals surface area contributed by atoms with E-state index in [9.17, 15) is 35.9 Å². The molecule has 3 rings (SSSR count). The molecule has 1 saturated heterocycles. The third-order valence-corrected chi connectivity index (χ3v) is 3.86. The van der Waals surface area contributed by atoms with E-state index in [0.29, 0.717) is 12.1 Å². The SMILES string of the molecule is O=C1N[C@@](Nc2ccccn2)(C(F)(F)F)C(=O)N1c1cccc(C(F)(F)F)c1. The number of rotatable bonds is 3. The Bertz CT molecular complexity index is 915. The van der Waals surface area contributed by atoms with E-state index in [1.807, 2.05) is 5.32 Å². The molecule has 12 heteroatoms. The van der Waals surface area contributed by atoms with E-state index >= 15 is 0 Å². The molecule has 0 bridgehead atoms. The Hall–Kier alpha value is -3.31. The molecule has 1 fully saturated rings. The van der Waals surface area contributed by atoms with Crippen molar-refractivity contribution in [2.24, 2.45) is 0 Å². The monoisotopic (exact) mass is 404 g/mol. The van der Waals surface area contributed by atoms with Gasteiger partial charge in [-0.1, -0.05) is 12.1 Å². The van der Waals surface area contributed by atoms with E-state index in [2.05, 4.69) is 4.98 Å². The number of hydrogen-bond donors (Lipinski definition) is 2. The predicted octanol–water partition coefficient (Wildman–Crippen LogP) is 3.53. The highest BCUT2D eigenvalue weighted by Gasteiger charge is 2.68. The molecule has 2 heterocycles. The maximum absolute atomic E-state index is 13.8. The normalized spacial score (nSPS) is 20.3. The fourth-order valence-corrected chi connectivity index (χ4v) is 2.56. The van der Waals surface area contributed by atoms with Crippen LogP contribution in [0.15, 0.2) is 48.7 Å². The van der Waals surface area contributed by atoms with Gasteiger partial charge >= 0.3 is 18.4 Å². The van der Waals surface area contributed by atoms with E-state index in [4.69, 9.17) is 0 Å². The first-order chi connectivity index (χ1) is 13.0. The van der Waals surface area contributed by atoms with Crippen LogP contribution in [0.3, 0.4) is 0 Å². The Morgan fingerprint density at radius 3 is 2.29 bits per heavy atom. The number of urea groups is 1. The lowest BCUT2D eigenvalue weighted by molar-refractivity contribution is -0.185. The Balaban J connectivity index is 2.05. The summed E-state index contributed by atoms with van der Waals surface area (Å²) in [6, 6.07) is 5.19. The van der Waals surface area contributed by atoms with Crippen molar-refractivity contribution in [3.05, 3.63) is 54.2 Å². The average Bonchev–Trinajstić information content (AvgIpc) is 2.86. The lowest BCUT2D eigenvalue weighted by atomic mass is 10.1. The van der Waals surface area contributed by atoms with Gasteiger partial charge in [-0.15, -0.1) is 0 Å². The Labute approximate surface area is 153 Å². The number of imide groups is 1. The molecule has 2 aromatic rings. The van der Waals surface area contributed by atoms with Crippen LogP contribution in [0.2, 0.25) is 0 Å². The number of carbonyl (C=O) groups excluding carboxylic acids is 2. The number of benzene rings is 1. The van der Waals surface area contributed by atoms with Crippen molar-refractivity contribution < 1.29 is 35.9 Å². The minimum Gasteiger partial charge on any atom is -0.332 e. The summed E-state index contributed by atoms with van der Waals surface area (Å²) in [7, 11) is 0. The summed E-state index contributed by atoms with van der Waals surface area (Å²) in [4.78, 5) is 28.4. The molecule has 28 heavy (non-hydrogen) atoms. The van der Waals surface area contributed by atoms with Crippen LogP contribution >= 0.6 is 0 Å². The number of pyridine rings is 1. The first-order valence-electron chi connectivity index (χ1n) is 7.55. The maximum atomic E-state index is 13.8. The number of nitrogens with zero attached hydrogens (tertiary/aromatic N) is 2. The molecule has 0 saturated carbocycles. The summed E-state index contributed by atoms with van der Waals surface area (Å²) >= 11 is 0. The van der Waals surface area contributed by atoms with Crippen molar-refractivity contribution >= 4 is 23.4 Å². The first-order valence-corrected chi connectivity index (χ1v) is 7.55. The third kappa shape index (κ3) is 3.21. The Morgan fingerprint density at radius 2 is 1.71 bits per heavy atom. The highest BCUT2D eigenvalue weighted by Crippen LogP contribution is 2.39. The molecule has 3 amide bonds. The van der Waals surface area contributed by atoms with Crippen molar-refractivity contribution in [3.63, 3.8) is 0 Å². The molecular weight excluding hydrogens is 394 g/mol. The largest absolute Gasteiger partial charge is 0.440 e. The predicted molar refractivity (Wildman–Crippen MR) is 84.1 cm³/mol. The molecule has 0 radical (unpaired) electrons. The lowest BCUT2D eigenvalue weighted by Gasteiger charge is -2.30.